The molecule has 1 amide bonds. The van der Waals surface area contributed by atoms with Gasteiger partial charge in [-0.05, 0) is 37.5 Å². The number of anilines is 1. The molecule has 0 unspecified atom stereocenters. The third-order valence-corrected chi connectivity index (χ3v) is 5.57. The molecule has 1 fully saturated rings. The summed E-state index contributed by atoms with van der Waals surface area (Å²) < 4.78 is 2.15. The van der Waals surface area contributed by atoms with Crippen LogP contribution in [0.25, 0.3) is 11.0 Å². The molecule has 1 N–H and O–H groups in total. The van der Waals surface area contributed by atoms with Gasteiger partial charge in [-0.1, -0.05) is 42.5 Å². The van der Waals surface area contributed by atoms with Crippen molar-refractivity contribution in [3.8, 4) is 0 Å². The first-order valence-electron chi connectivity index (χ1n) is 9.65. The topological polar surface area (TPSA) is 50.2 Å². The lowest BCUT2D eigenvalue weighted by Gasteiger charge is -2.32. The zero-order valence-electron chi connectivity index (χ0n) is 15.9. The zero-order valence-corrected chi connectivity index (χ0v) is 15.9. The molecule has 0 saturated carbocycles. The molecule has 1 aliphatic rings. The molecule has 4 rings (SSSR count). The number of aromatic nitrogens is 2. The fourth-order valence-electron chi connectivity index (χ4n) is 3.91. The largest absolute Gasteiger partial charge is 0.349 e. The number of imidazole rings is 1. The van der Waals surface area contributed by atoms with Crippen molar-refractivity contribution in [3.63, 3.8) is 0 Å². The number of amides is 1. The fraction of sp³-hybridized carbons (Fsp3) is 0.364. The normalized spacial score (nSPS) is 16.4. The predicted octanol–water partition coefficient (Wildman–Crippen LogP) is 3.67. The average molecular weight is 362 g/mol. The predicted molar refractivity (Wildman–Crippen MR) is 109 cm³/mol. The van der Waals surface area contributed by atoms with E-state index in [1.165, 1.54) is 0 Å². The second kappa shape index (κ2) is 7.43. The smallest absolute Gasteiger partial charge is 0.223 e. The lowest BCUT2D eigenvalue weighted by atomic mass is 9.95. The van der Waals surface area contributed by atoms with Crippen molar-refractivity contribution in [2.75, 3.05) is 18.0 Å². The molecule has 0 radical (unpaired) electrons. The van der Waals surface area contributed by atoms with Gasteiger partial charge in [0.2, 0.25) is 11.9 Å². The molecule has 0 bridgehead atoms. The summed E-state index contributed by atoms with van der Waals surface area (Å²) in [7, 11) is 2.06. The summed E-state index contributed by atoms with van der Waals surface area (Å²) in [5.41, 5.74) is 3.30. The summed E-state index contributed by atoms with van der Waals surface area (Å²) in [5, 5.41) is 3.18. The van der Waals surface area contributed by atoms with Crippen LogP contribution < -0.4 is 10.2 Å². The van der Waals surface area contributed by atoms with Gasteiger partial charge in [0.15, 0.2) is 0 Å². The van der Waals surface area contributed by atoms with Crippen LogP contribution in [-0.2, 0) is 11.8 Å². The van der Waals surface area contributed by atoms with Gasteiger partial charge in [0.25, 0.3) is 0 Å². The van der Waals surface area contributed by atoms with Gasteiger partial charge in [-0.15, -0.1) is 0 Å². The Balaban J connectivity index is 1.38. The van der Waals surface area contributed by atoms with Crippen molar-refractivity contribution < 1.29 is 4.79 Å². The zero-order chi connectivity index (χ0) is 18.8. The number of aryl methyl sites for hydroxylation is 1. The molecule has 1 aliphatic heterocycles. The minimum atomic E-state index is 0.0385. The number of piperidine rings is 1. The number of hydrogen-bond acceptors (Lipinski definition) is 3. The standard InChI is InChI=1S/C22H26N4O/c1-16(17-8-4-3-5-9-17)23-21(27)18-12-14-26(15-13-18)22-24-19-10-6-7-11-20(19)25(22)2/h3-11,16,18H,12-15H2,1-2H3,(H,23,27)/t16-/m1/s1. The number of nitrogens with zero attached hydrogens (tertiary/aromatic N) is 3. The number of carbonyl (C=O) groups is 1. The van der Waals surface area contributed by atoms with E-state index in [9.17, 15) is 4.79 Å². The Morgan fingerprint density at radius 2 is 1.74 bits per heavy atom. The Morgan fingerprint density at radius 3 is 2.44 bits per heavy atom. The molecular formula is C22H26N4O. The highest BCUT2D eigenvalue weighted by atomic mass is 16.1. The van der Waals surface area contributed by atoms with Crippen LogP contribution in [0.4, 0.5) is 5.95 Å². The lowest BCUT2D eigenvalue weighted by molar-refractivity contribution is -0.126. The van der Waals surface area contributed by atoms with E-state index in [-0.39, 0.29) is 17.9 Å². The maximum absolute atomic E-state index is 12.7. The van der Waals surface area contributed by atoms with Crippen molar-refractivity contribution in [1.29, 1.82) is 0 Å². The van der Waals surface area contributed by atoms with Gasteiger partial charge < -0.3 is 14.8 Å². The van der Waals surface area contributed by atoms with Gasteiger partial charge in [0, 0.05) is 26.1 Å². The van der Waals surface area contributed by atoms with Gasteiger partial charge in [-0.2, -0.15) is 0 Å². The van der Waals surface area contributed by atoms with Crippen molar-refractivity contribution in [2.45, 2.75) is 25.8 Å². The van der Waals surface area contributed by atoms with Gasteiger partial charge in [0.05, 0.1) is 17.1 Å². The van der Waals surface area contributed by atoms with Crippen LogP contribution in [0, 0.1) is 5.92 Å². The number of benzene rings is 2. The highest BCUT2D eigenvalue weighted by Crippen LogP contribution is 2.26. The van der Waals surface area contributed by atoms with Crippen LogP contribution in [0.1, 0.15) is 31.4 Å². The van der Waals surface area contributed by atoms with E-state index in [1.807, 2.05) is 43.3 Å². The summed E-state index contributed by atoms with van der Waals surface area (Å²) in [6.07, 6.45) is 1.72. The van der Waals surface area contributed by atoms with E-state index in [2.05, 4.69) is 40.0 Å². The second-order valence-electron chi connectivity index (χ2n) is 7.36. The molecule has 27 heavy (non-hydrogen) atoms. The number of carbonyl (C=O) groups excluding carboxylic acids is 1. The maximum Gasteiger partial charge on any atom is 0.223 e. The Kier molecular flexibility index (Phi) is 4.84. The quantitative estimate of drug-likeness (QED) is 0.770. The summed E-state index contributed by atoms with van der Waals surface area (Å²) in [6.45, 7) is 3.76. The minimum Gasteiger partial charge on any atom is -0.349 e. The Hall–Kier alpha value is -2.82. The maximum atomic E-state index is 12.7. The summed E-state index contributed by atoms with van der Waals surface area (Å²) >= 11 is 0. The van der Waals surface area contributed by atoms with Crippen molar-refractivity contribution in [2.24, 2.45) is 13.0 Å². The average Bonchev–Trinajstić information content (AvgIpc) is 3.05. The van der Waals surface area contributed by atoms with Gasteiger partial charge >= 0.3 is 0 Å². The molecule has 140 valence electrons. The first-order chi connectivity index (χ1) is 13.1. The molecule has 5 heteroatoms. The van der Waals surface area contributed by atoms with E-state index in [0.717, 1.165) is 48.5 Å². The first-order valence-corrected chi connectivity index (χ1v) is 9.65. The highest BCUT2D eigenvalue weighted by Gasteiger charge is 2.27. The fourth-order valence-corrected chi connectivity index (χ4v) is 3.91. The number of hydrogen-bond donors (Lipinski definition) is 1. The third kappa shape index (κ3) is 3.54. The van der Waals surface area contributed by atoms with Crippen LogP contribution in [0.3, 0.4) is 0 Å². The molecular weight excluding hydrogens is 336 g/mol. The number of fused-ring (bicyclic) bond motifs is 1. The molecule has 2 heterocycles. The van der Waals surface area contributed by atoms with Crippen LogP contribution in [0.2, 0.25) is 0 Å². The van der Waals surface area contributed by atoms with E-state index in [1.54, 1.807) is 0 Å². The molecule has 0 spiro atoms. The molecule has 3 aromatic rings. The van der Waals surface area contributed by atoms with E-state index in [4.69, 9.17) is 4.98 Å². The van der Waals surface area contributed by atoms with Crippen molar-refractivity contribution in [1.82, 2.24) is 14.9 Å². The first kappa shape index (κ1) is 17.6. The van der Waals surface area contributed by atoms with Crippen molar-refractivity contribution in [3.05, 3.63) is 60.2 Å². The van der Waals surface area contributed by atoms with Gasteiger partial charge in [-0.3, -0.25) is 4.79 Å². The lowest BCUT2D eigenvalue weighted by Crippen LogP contribution is -2.42. The van der Waals surface area contributed by atoms with Crippen LogP contribution in [0.15, 0.2) is 54.6 Å². The highest BCUT2D eigenvalue weighted by molar-refractivity contribution is 5.80. The van der Waals surface area contributed by atoms with Crippen molar-refractivity contribution >= 4 is 22.9 Å². The van der Waals surface area contributed by atoms with E-state index >= 15 is 0 Å². The molecule has 2 aromatic carbocycles. The molecule has 0 aliphatic carbocycles. The van der Waals surface area contributed by atoms with Crippen LogP contribution in [-0.4, -0.2) is 28.5 Å². The Labute approximate surface area is 160 Å². The van der Waals surface area contributed by atoms with Gasteiger partial charge in [0.1, 0.15) is 0 Å². The second-order valence-corrected chi connectivity index (χ2v) is 7.36. The summed E-state index contributed by atoms with van der Waals surface area (Å²) in [5.74, 6) is 1.23. The van der Waals surface area contributed by atoms with E-state index < -0.39 is 0 Å². The SMILES string of the molecule is C[C@@H](NC(=O)C1CCN(c2nc3ccccc3n2C)CC1)c1ccccc1. The van der Waals surface area contributed by atoms with E-state index in [0.29, 0.717) is 0 Å². The minimum absolute atomic E-state index is 0.0385. The van der Waals surface area contributed by atoms with Gasteiger partial charge in [-0.25, -0.2) is 4.98 Å². The van der Waals surface area contributed by atoms with Crippen LogP contribution in [0.5, 0.6) is 0 Å². The number of rotatable bonds is 4. The Morgan fingerprint density at radius 1 is 1.07 bits per heavy atom. The number of nitrogens with one attached hydrogen (secondary N) is 1. The summed E-state index contributed by atoms with van der Waals surface area (Å²) in [4.78, 5) is 19.8. The third-order valence-electron chi connectivity index (χ3n) is 5.57. The molecule has 5 nitrogen and oxygen atoms in total. The monoisotopic (exact) mass is 362 g/mol. The van der Waals surface area contributed by atoms with Crippen LogP contribution >= 0.6 is 0 Å². The number of para-hydroxylation sites is 2. The molecule has 1 saturated heterocycles. The Bertz CT molecular complexity index is 926. The molecule has 1 atom stereocenters. The summed E-state index contributed by atoms with van der Waals surface area (Å²) in [6, 6.07) is 18.4. The molecule has 1 aromatic heterocycles.